The Bertz CT molecular complexity index is 786. The molecule has 1 aromatic heterocycles. The Balaban J connectivity index is 1.55. The lowest BCUT2D eigenvalue weighted by Gasteiger charge is -2.27. The van der Waals surface area contributed by atoms with Crippen LogP contribution in [0.25, 0.3) is 0 Å². The van der Waals surface area contributed by atoms with Crippen molar-refractivity contribution in [2.45, 2.75) is 25.8 Å². The van der Waals surface area contributed by atoms with E-state index >= 15 is 0 Å². The van der Waals surface area contributed by atoms with Crippen LogP contribution in [-0.2, 0) is 11.3 Å². The van der Waals surface area contributed by atoms with Gasteiger partial charge in [0.15, 0.2) is 6.61 Å². The molecule has 27 heavy (non-hydrogen) atoms. The number of nitrogens with zero attached hydrogens (tertiary/aromatic N) is 2. The van der Waals surface area contributed by atoms with Crippen LogP contribution in [0.3, 0.4) is 0 Å². The van der Waals surface area contributed by atoms with Gasteiger partial charge in [-0.15, -0.1) is 0 Å². The lowest BCUT2D eigenvalue weighted by atomic mass is 10.1. The molecule has 1 aliphatic heterocycles. The van der Waals surface area contributed by atoms with E-state index in [-0.39, 0.29) is 12.5 Å². The van der Waals surface area contributed by atoms with Crippen molar-refractivity contribution in [1.29, 1.82) is 0 Å². The van der Waals surface area contributed by atoms with E-state index in [4.69, 9.17) is 10.5 Å². The number of hydrogen-bond donors (Lipinski definition) is 2. The number of pyridine rings is 1. The summed E-state index contributed by atoms with van der Waals surface area (Å²) < 4.78 is 5.18. The van der Waals surface area contributed by atoms with Crippen LogP contribution in [0.1, 0.15) is 35.2 Å². The molecule has 0 aliphatic carbocycles. The fraction of sp³-hybridized carbons (Fsp3) is 0.350. The number of anilines is 1. The first kappa shape index (κ1) is 18.7. The van der Waals surface area contributed by atoms with Crippen LogP contribution in [0.15, 0.2) is 42.6 Å². The Labute approximate surface area is 158 Å². The summed E-state index contributed by atoms with van der Waals surface area (Å²) in [6.07, 6.45) is 5.46. The number of nitrogens with two attached hydrogens (primary N) is 1. The molecule has 0 radical (unpaired) electrons. The highest BCUT2D eigenvalue weighted by Gasteiger charge is 2.12. The van der Waals surface area contributed by atoms with Gasteiger partial charge in [-0.05, 0) is 61.2 Å². The number of rotatable bonds is 7. The summed E-state index contributed by atoms with van der Waals surface area (Å²) in [6.45, 7) is 2.31. The molecule has 1 aromatic carbocycles. The fourth-order valence-electron chi connectivity index (χ4n) is 3.01. The Hall–Kier alpha value is -3.09. The Morgan fingerprint density at radius 3 is 2.56 bits per heavy atom. The molecule has 7 heteroatoms. The number of carbonyl (C=O) groups excluding carboxylic acids is 2. The number of ether oxygens (including phenoxy) is 1. The first-order chi connectivity index (χ1) is 13.1. The largest absolute Gasteiger partial charge is 0.484 e. The number of nitrogens with one attached hydrogen (secondary N) is 1. The van der Waals surface area contributed by atoms with Gasteiger partial charge in [-0.2, -0.15) is 0 Å². The highest BCUT2D eigenvalue weighted by Crippen LogP contribution is 2.18. The van der Waals surface area contributed by atoms with Crippen molar-refractivity contribution < 1.29 is 14.3 Å². The summed E-state index contributed by atoms with van der Waals surface area (Å²) in [5.41, 5.74) is 6.57. The van der Waals surface area contributed by atoms with Gasteiger partial charge >= 0.3 is 0 Å². The molecule has 2 amide bonds. The van der Waals surface area contributed by atoms with Gasteiger partial charge in [-0.25, -0.2) is 4.98 Å². The third-order valence-corrected chi connectivity index (χ3v) is 4.44. The standard InChI is InChI=1S/C20H24N4O3/c21-18(25)14-27-17-6-4-16(5-7-17)20(26)23-13-15-8-9-22-19(12-15)24-10-2-1-3-11-24/h4-9,12H,1-3,10-11,13-14H2,(H2,21,25)(H,23,26). The maximum atomic E-state index is 12.3. The maximum absolute atomic E-state index is 12.3. The minimum atomic E-state index is -0.543. The van der Waals surface area contributed by atoms with Crippen LogP contribution < -0.4 is 20.7 Å². The fourth-order valence-corrected chi connectivity index (χ4v) is 3.01. The molecule has 2 aromatic rings. The summed E-state index contributed by atoms with van der Waals surface area (Å²) in [7, 11) is 0. The first-order valence-electron chi connectivity index (χ1n) is 9.11. The van der Waals surface area contributed by atoms with E-state index in [1.54, 1.807) is 30.5 Å². The Morgan fingerprint density at radius 1 is 1.11 bits per heavy atom. The van der Waals surface area contributed by atoms with Crippen molar-refractivity contribution in [3.63, 3.8) is 0 Å². The van der Waals surface area contributed by atoms with Crippen LogP contribution >= 0.6 is 0 Å². The smallest absolute Gasteiger partial charge is 0.255 e. The van der Waals surface area contributed by atoms with Crippen molar-refractivity contribution in [3.05, 3.63) is 53.7 Å². The first-order valence-corrected chi connectivity index (χ1v) is 9.11. The number of carbonyl (C=O) groups is 2. The van der Waals surface area contributed by atoms with E-state index in [1.165, 1.54) is 19.3 Å². The van der Waals surface area contributed by atoms with Crippen molar-refractivity contribution in [2.75, 3.05) is 24.6 Å². The summed E-state index contributed by atoms with van der Waals surface area (Å²) in [6, 6.07) is 10.5. The van der Waals surface area contributed by atoms with Crippen molar-refractivity contribution >= 4 is 17.6 Å². The molecule has 0 saturated carbocycles. The minimum absolute atomic E-state index is 0.173. The van der Waals surface area contributed by atoms with Gasteiger partial charge in [0, 0.05) is 31.4 Å². The van der Waals surface area contributed by atoms with Gasteiger partial charge in [-0.3, -0.25) is 9.59 Å². The van der Waals surface area contributed by atoms with Crippen LogP contribution in [0.4, 0.5) is 5.82 Å². The summed E-state index contributed by atoms with van der Waals surface area (Å²) >= 11 is 0. The average molecular weight is 368 g/mol. The highest BCUT2D eigenvalue weighted by molar-refractivity contribution is 5.94. The lowest BCUT2D eigenvalue weighted by Crippen LogP contribution is -2.30. The Morgan fingerprint density at radius 2 is 1.85 bits per heavy atom. The average Bonchev–Trinajstić information content (AvgIpc) is 2.72. The lowest BCUT2D eigenvalue weighted by molar-refractivity contribution is -0.119. The van der Waals surface area contributed by atoms with Gasteiger partial charge in [0.2, 0.25) is 0 Å². The maximum Gasteiger partial charge on any atom is 0.255 e. The predicted octanol–water partition coefficient (Wildman–Crippen LogP) is 1.87. The van der Waals surface area contributed by atoms with Crippen LogP contribution in [-0.4, -0.2) is 36.5 Å². The molecule has 0 unspecified atom stereocenters. The van der Waals surface area contributed by atoms with E-state index in [2.05, 4.69) is 15.2 Å². The number of primary amides is 1. The topological polar surface area (TPSA) is 97.6 Å². The second-order valence-corrected chi connectivity index (χ2v) is 6.53. The number of hydrogen-bond acceptors (Lipinski definition) is 5. The summed E-state index contributed by atoms with van der Waals surface area (Å²) in [5.74, 6) is 0.744. The van der Waals surface area contributed by atoms with Crippen molar-refractivity contribution in [3.8, 4) is 5.75 Å². The van der Waals surface area contributed by atoms with Crippen LogP contribution in [0.5, 0.6) is 5.75 Å². The van der Waals surface area contributed by atoms with Gasteiger partial charge in [0.1, 0.15) is 11.6 Å². The monoisotopic (exact) mass is 368 g/mol. The zero-order valence-electron chi connectivity index (χ0n) is 15.2. The number of piperidine rings is 1. The molecule has 3 rings (SSSR count). The molecule has 3 N–H and O–H groups in total. The van der Waals surface area contributed by atoms with E-state index in [0.717, 1.165) is 24.5 Å². The van der Waals surface area contributed by atoms with Gasteiger partial charge in [-0.1, -0.05) is 0 Å². The van der Waals surface area contributed by atoms with E-state index in [9.17, 15) is 9.59 Å². The molecular weight excluding hydrogens is 344 g/mol. The quantitative estimate of drug-likeness (QED) is 0.777. The van der Waals surface area contributed by atoms with Crippen LogP contribution in [0, 0.1) is 0 Å². The molecule has 0 atom stereocenters. The number of aromatic nitrogens is 1. The molecule has 142 valence electrons. The Kier molecular flexibility index (Phi) is 6.25. The molecule has 0 bridgehead atoms. The molecule has 7 nitrogen and oxygen atoms in total. The van der Waals surface area contributed by atoms with E-state index in [1.807, 2.05) is 12.1 Å². The zero-order chi connectivity index (χ0) is 19.1. The number of benzene rings is 1. The van der Waals surface area contributed by atoms with Gasteiger partial charge in [0.05, 0.1) is 0 Å². The second kappa shape index (κ2) is 9.02. The molecule has 2 heterocycles. The van der Waals surface area contributed by atoms with Gasteiger partial charge in [0.25, 0.3) is 11.8 Å². The number of amides is 2. The normalized spacial score (nSPS) is 13.9. The SMILES string of the molecule is NC(=O)COc1ccc(C(=O)NCc2ccnc(N3CCCCC3)c2)cc1. The summed E-state index contributed by atoms with van der Waals surface area (Å²) in [4.78, 5) is 29.8. The van der Waals surface area contributed by atoms with Crippen LogP contribution in [0.2, 0.25) is 0 Å². The third-order valence-electron chi connectivity index (χ3n) is 4.44. The minimum Gasteiger partial charge on any atom is -0.484 e. The van der Waals surface area contributed by atoms with Crippen molar-refractivity contribution in [1.82, 2.24) is 10.3 Å². The second-order valence-electron chi connectivity index (χ2n) is 6.53. The molecule has 1 saturated heterocycles. The third kappa shape index (κ3) is 5.44. The molecular formula is C20H24N4O3. The zero-order valence-corrected chi connectivity index (χ0v) is 15.2. The highest BCUT2D eigenvalue weighted by atomic mass is 16.5. The molecule has 0 spiro atoms. The van der Waals surface area contributed by atoms with Gasteiger partial charge < -0.3 is 20.7 Å². The van der Waals surface area contributed by atoms with E-state index < -0.39 is 5.91 Å². The predicted molar refractivity (Wildman–Crippen MR) is 103 cm³/mol. The molecule has 1 aliphatic rings. The van der Waals surface area contributed by atoms with Crippen molar-refractivity contribution in [2.24, 2.45) is 5.73 Å². The molecule has 1 fully saturated rings. The van der Waals surface area contributed by atoms with E-state index in [0.29, 0.717) is 17.9 Å². The summed E-state index contributed by atoms with van der Waals surface area (Å²) in [5, 5.41) is 2.91.